The van der Waals surface area contributed by atoms with E-state index in [2.05, 4.69) is 56.8 Å². The molecule has 10 heteroatoms. The van der Waals surface area contributed by atoms with Crippen LogP contribution in [0.5, 0.6) is 0 Å². The van der Waals surface area contributed by atoms with Gasteiger partial charge in [0.2, 0.25) is 0 Å². The molecule has 0 radical (unpaired) electrons. The van der Waals surface area contributed by atoms with E-state index in [0.29, 0.717) is 24.5 Å². The number of amides is 1. The fourth-order valence-corrected chi connectivity index (χ4v) is 22.7. The summed E-state index contributed by atoms with van der Waals surface area (Å²) in [6.45, 7) is 12.0. The number of unbranched alkanes of at least 4 members (excludes halogenated alkanes) is 3. The van der Waals surface area contributed by atoms with E-state index in [1.54, 1.807) is 6.07 Å². The van der Waals surface area contributed by atoms with Gasteiger partial charge in [-0.2, -0.15) is 0 Å². The number of benzene rings is 1. The van der Waals surface area contributed by atoms with Gasteiger partial charge in [0.05, 0.1) is 0 Å². The number of likely N-dealkylation sites (N-methyl/N-ethyl adjacent to an activating group) is 1. The molecule has 0 bridgehead atoms. The van der Waals surface area contributed by atoms with Crippen LogP contribution in [0, 0.1) is 5.82 Å². The Kier molecular flexibility index (Phi) is 13.0. The molecular weight excluding hydrogens is 660 g/mol. The number of nitrogens with zero attached hydrogens (tertiary/aromatic N) is 3. The molecule has 1 amide bonds. The molecule has 1 saturated heterocycles. The molecule has 6 nitrogen and oxygen atoms in total. The summed E-state index contributed by atoms with van der Waals surface area (Å²) in [5.41, 5.74) is -0.435. The number of aryl methyl sites for hydroxylation is 1. The monoisotopic (exact) mass is 712 g/mol. The number of anilines is 2. The second-order valence-corrected chi connectivity index (χ2v) is 25.7. The van der Waals surface area contributed by atoms with Crippen molar-refractivity contribution in [3.8, 4) is 0 Å². The normalized spacial score (nSPS) is 18.0. The van der Waals surface area contributed by atoms with Gasteiger partial charge in [-0.05, 0) is 0 Å². The number of hydrogen-bond acceptors (Lipinski definition) is 4. The van der Waals surface area contributed by atoms with Gasteiger partial charge in [-0.1, -0.05) is 0 Å². The molecule has 3 rings (SSSR count). The Hall–Kier alpha value is -2.01. The molecule has 43 heavy (non-hydrogen) atoms. The molecule has 2 aromatic rings. The molecule has 0 saturated carbocycles. The molecule has 0 spiro atoms. The van der Waals surface area contributed by atoms with Crippen LogP contribution in [0.15, 0.2) is 29.2 Å². The Morgan fingerprint density at radius 2 is 1.49 bits per heavy atom. The van der Waals surface area contributed by atoms with Gasteiger partial charge in [0.1, 0.15) is 0 Å². The van der Waals surface area contributed by atoms with E-state index in [9.17, 15) is 18.4 Å². The fraction of sp³-hybridized carbons (Fsp3) is 0.636. The van der Waals surface area contributed by atoms with Gasteiger partial charge in [-0.15, -0.1) is 0 Å². The van der Waals surface area contributed by atoms with Crippen LogP contribution in [0.2, 0.25) is 13.3 Å². The first kappa shape index (κ1) is 35.5. The van der Waals surface area contributed by atoms with E-state index in [-0.39, 0.29) is 23.5 Å². The number of alkyl halides is 2. The van der Waals surface area contributed by atoms with Gasteiger partial charge in [0.15, 0.2) is 0 Å². The summed E-state index contributed by atoms with van der Waals surface area (Å²) in [6, 6.07) is 4.68. The number of rotatable bonds is 14. The van der Waals surface area contributed by atoms with Crippen LogP contribution < -0.4 is 19.4 Å². The van der Waals surface area contributed by atoms with Crippen molar-refractivity contribution in [2.24, 2.45) is 7.05 Å². The molecule has 1 aliphatic rings. The molecule has 2 atom stereocenters. The number of aromatic nitrogens is 1. The first-order valence-corrected chi connectivity index (χ1v) is 23.5. The Balaban J connectivity index is 2.22. The van der Waals surface area contributed by atoms with Crippen molar-refractivity contribution in [2.75, 3.05) is 30.4 Å². The van der Waals surface area contributed by atoms with Gasteiger partial charge in [0, 0.05) is 0 Å². The second kappa shape index (κ2) is 15.8. The van der Waals surface area contributed by atoms with E-state index in [0.717, 1.165) is 72.2 Å². The van der Waals surface area contributed by atoms with Gasteiger partial charge in [-0.3, -0.25) is 0 Å². The summed E-state index contributed by atoms with van der Waals surface area (Å²) in [4.78, 5) is 30.2. The maximum absolute atomic E-state index is 16.5. The molecule has 0 unspecified atom stereocenters. The molecule has 1 aliphatic heterocycles. The van der Waals surface area contributed by atoms with E-state index in [4.69, 9.17) is 0 Å². The van der Waals surface area contributed by atoms with Crippen LogP contribution in [-0.4, -0.2) is 66.0 Å². The maximum atomic E-state index is 16.5. The van der Waals surface area contributed by atoms with Crippen molar-refractivity contribution in [1.82, 2.24) is 9.47 Å². The number of nitrogens with one attached hydrogen (secondary N) is 1. The number of carbonyl (C=O) groups is 1. The zero-order valence-electron chi connectivity index (χ0n) is 27.1. The van der Waals surface area contributed by atoms with E-state index < -0.39 is 41.8 Å². The van der Waals surface area contributed by atoms with Crippen LogP contribution in [0.25, 0.3) is 0 Å². The van der Waals surface area contributed by atoms with Crippen LogP contribution in [-0.2, 0) is 7.05 Å². The van der Waals surface area contributed by atoms with Crippen molar-refractivity contribution in [3.05, 3.63) is 51.7 Å². The average molecular weight is 712 g/mol. The van der Waals surface area contributed by atoms with Crippen LogP contribution in [0.3, 0.4) is 0 Å². The summed E-state index contributed by atoms with van der Waals surface area (Å²) in [5, 5.41) is 2.94. The minimum absolute atomic E-state index is 0.193. The van der Waals surface area contributed by atoms with E-state index in [1.807, 2.05) is 6.07 Å². The van der Waals surface area contributed by atoms with Crippen molar-refractivity contribution >= 4 is 39.2 Å². The molecule has 2 heterocycles. The molecule has 1 aromatic heterocycles. The standard InChI is InChI=1S/C21H24F3N4O2.3C4H9.Sn/c1-12-9-28(10-13(2)27(12)4)18-7-14(22)5-6-17(18)25-21(30)16-11-26(3)19(29)8-15(16)20(23)24;3*1-3-4-2;/h6-8,11-13,20H,9-10H2,1-4H3,(H,25,30);3*1,3-4H2,2H3;/t12-,13+;;;;. The van der Waals surface area contributed by atoms with Crippen LogP contribution >= 0.6 is 0 Å². The number of pyridine rings is 1. The summed E-state index contributed by atoms with van der Waals surface area (Å²) in [5.74, 6) is -0.918. The zero-order chi connectivity index (χ0) is 31.9. The first-order valence-electron chi connectivity index (χ1n) is 16.0. The van der Waals surface area contributed by atoms with Crippen LogP contribution in [0.4, 0.5) is 24.5 Å². The summed E-state index contributed by atoms with van der Waals surface area (Å²) < 4.78 is 49.6. The van der Waals surface area contributed by atoms with Crippen molar-refractivity contribution < 1.29 is 18.0 Å². The molecule has 1 fully saturated rings. The molecular formula is C33H51F3N4O2Sn. The van der Waals surface area contributed by atoms with Gasteiger partial charge in [-0.25, -0.2) is 0 Å². The Bertz CT molecular complexity index is 1270. The predicted octanol–water partition coefficient (Wildman–Crippen LogP) is 7.30. The third kappa shape index (κ3) is 8.38. The first-order chi connectivity index (χ1) is 20.4. The topological polar surface area (TPSA) is 57.6 Å². The Labute approximate surface area is 259 Å². The Morgan fingerprint density at radius 3 is 1.98 bits per heavy atom. The zero-order valence-corrected chi connectivity index (χ0v) is 30.0. The summed E-state index contributed by atoms with van der Waals surface area (Å²) in [6.07, 6.45) is 4.46. The van der Waals surface area contributed by atoms with E-state index >= 15 is 4.39 Å². The van der Waals surface area contributed by atoms with Gasteiger partial charge >= 0.3 is 261 Å². The van der Waals surface area contributed by atoms with Crippen molar-refractivity contribution in [1.29, 1.82) is 0 Å². The fourth-order valence-electron chi connectivity index (χ4n) is 6.46. The number of hydrogen-bond donors (Lipinski definition) is 1. The van der Waals surface area contributed by atoms with Gasteiger partial charge < -0.3 is 0 Å². The third-order valence-electron chi connectivity index (χ3n) is 9.37. The summed E-state index contributed by atoms with van der Waals surface area (Å²) >= 11 is -3.30. The minimum atomic E-state index is -3.30. The second-order valence-electron chi connectivity index (χ2n) is 12.6. The SMILES string of the molecule is CCC[CH2][Sn]([CH2]CCC)([CH2]CCC)[c]1cc(NC(=O)c2cn(C)c(=O)cc2C(F)F)c(N2C[C@@H](C)N(C)[C@@H](C)C2)cc1F. The van der Waals surface area contributed by atoms with E-state index in [1.165, 1.54) is 7.05 Å². The third-order valence-corrected chi connectivity index (χ3v) is 24.9. The average Bonchev–Trinajstić information content (AvgIpc) is 2.97. The molecule has 240 valence electrons. The molecule has 1 aromatic carbocycles. The van der Waals surface area contributed by atoms with Crippen molar-refractivity contribution in [3.63, 3.8) is 0 Å². The Morgan fingerprint density at radius 1 is 0.953 bits per heavy atom. The number of carbonyl (C=O) groups excluding carboxylic acids is 1. The summed E-state index contributed by atoms with van der Waals surface area (Å²) in [7, 11) is 3.50. The number of piperazine rings is 1. The quantitative estimate of drug-likeness (QED) is 0.209. The van der Waals surface area contributed by atoms with Crippen LogP contribution in [0.1, 0.15) is 95.5 Å². The van der Waals surface area contributed by atoms with Gasteiger partial charge in [0.25, 0.3) is 0 Å². The van der Waals surface area contributed by atoms with Crippen molar-refractivity contribution in [2.45, 2.75) is 105 Å². The molecule has 0 aliphatic carbocycles. The predicted molar refractivity (Wildman–Crippen MR) is 174 cm³/mol. The number of halogens is 3. The molecule has 1 N–H and O–H groups in total.